The van der Waals surface area contributed by atoms with Gasteiger partial charge in [0.1, 0.15) is 18.0 Å². The fraction of sp³-hybridized carbons (Fsp3) is 0.391. The lowest BCUT2D eigenvalue weighted by atomic mass is 9.97. The van der Waals surface area contributed by atoms with Crippen LogP contribution in [0.4, 0.5) is 0 Å². The van der Waals surface area contributed by atoms with Crippen molar-refractivity contribution in [2.24, 2.45) is 11.5 Å². The fourth-order valence-electron chi connectivity index (χ4n) is 3.73. The molecule has 0 aliphatic carbocycles. The average molecular weight is 478 g/mol. The van der Waals surface area contributed by atoms with Crippen LogP contribution in [0.1, 0.15) is 12.0 Å². The summed E-state index contributed by atoms with van der Waals surface area (Å²) in [5.74, 6) is 0.475. The first-order valence-electron chi connectivity index (χ1n) is 10.4. The van der Waals surface area contributed by atoms with Crippen molar-refractivity contribution in [3.05, 3.63) is 53.1 Å². The SMILES string of the molecule is COc1cc(CN2CCO[C@](COc3cccc(Cl)c3)(CC(N)=O)C2)ccc1OCC(N)=O. The molecule has 10 heteroatoms. The summed E-state index contributed by atoms with van der Waals surface area (Å²) in [6, 6.07) is 12.5. The first kappa shape index (κ1) is 24.6. The molecular formula is C23H28ClN3O6. The van der Waals surface area contributed by atoms with Crippen LogP contribution in [0.2, 0.25) is 5.02 Å². The number of nitrogens with two attached hydrogens (primary N) is 2. The van der Waals surface area contributed by atoms with Gasteiger partial charge in [-0.1, -0.05) is 23.7 Å². The smallest absolute Gasteiger partial charge is 0.255 e. The Morgan fingerprint density at radius 1 is 1.12 bits per heavy atom. The minimum absolute atomic E-state index is 0.0211. The second-order valence-corrected chi connectivity index (χ2v) is 8.31. The number of primary amides is 2. The number of carbonyl (C=O) groups excluding carboxylic acids is 2. The Hall–Kier alpha value is -3.01. The van der Waals surface area contributed by atoms with Gasteiger partial charge >= 0.3 is 0 Å². The van der Waals surface area contributed by atoms with E-state index in [9.17, 15) is 9.59 Å². The van der Waals surface area contributed by atoms with Crippen molar-refractivity contribution in [1.82, 2.24) is 4.90 Å². The highest BCUT2D eigenvalue weighted by Gasteiger charge is 2.39. The van der Waals surface area contributed by atoms with Gasteiger partial charge in [0.05, 0.1) is 20.1 Å². The molecule has 1 heterocycles. The monoisotopic (exact) mass is 477 g/mol. The van der Waals surface area contributed by atoms with Crippen LogP contribution in [0.25, 0.3) is 0 Å². The number of ether oxygens (including phenoxy) is 4. The second kappa shape index (κ2) is 11.2. The van der Waals surface area contributed by atoms with Gasteiger partial charge in [0.25, 0.3) is 5.91 Å². The van der Waals surface area contributed by atoms with E-state index < -0.39 is 17.4 Å². The highest BCUT2D eigenvalue weighted by molar-refractivity contribution is 6.30. The summed E-state index contributed by atoms with van der Waals surface area (Å²) in [6.45, 7) is 2.02. The quantitative estimate of drug-likeness (QED) is 0.504. The Balaban J connectivity index is 1.70. The van der Waals surface area contributed by atoms with Gasteiger partial charge in [-0.2, -0.15) is 0 Å². The normalized spacial score (nSPS) is 18.5. The van der Waals surface area contributed by atoms with E-state index in [0.29, 0.717) is 48.5 Å². The molecule has 2 amide bonds. The molecular weight excluding hydrogens is 450 g/mol. The number of hydrogen-bond acceptors (Lipinski definition) is 7. The van der Waals surface area contributed by atoms with Crippen LogP contribution in [0.15, 0.2) is 42.5 Å². The van der Waals surface area contributed by atoms with E-state index in [1.807, 2.05) is 12.1 Å². The largest absolute Gasteiger partial charge is 0.493 e. The number of carbonyl (C=O) groups is 2. The Morgan fingerprint density at radius 2 is 1.94 bits per heavy atom. The highest BCUT2D eigenvalue weighted by atomic mass is 35.5. The molecule has 1 atom stereocenters. The summed E-state index contributed by atoms with van der Waals surface area (Å²) in [5.41, 5.74) is 10.7. The number of amides is 2. The van der Waals surface area contributed by atoms with Crippen molar-refractivity contribution in [3.63, 3.8) is 0 Å². The zero-order valence-corrected chi connectivity index (χ0v) is 19.2. The van der Waals surface area contributed by atoms with E-state index in [1.165, 1.54) is 7.11 Å². The maximum absolute atomic E-state index is 11.8. The summed E-state index contributed by atoms with van der Waals surface area (Å²) in [5, 5.41) is 0.555. The molecule has 178 valence electrons. The summed E-state index contributed by atoms with van der Waals surface area (Å²) >= 11 is 6.03. The van der Waals surface area contributed by atoms with E-state index in [4.69, 9.17) is 42.0 Å². The van der Waals surface area contributed by atoms with Gasteiger partial charge in [0.2, 0.25) is 5.91 Å². The van der Waals surface area contributed by atoms with Crippen molar-refractivity contribution in [2.75, 3.05) is 40.0 Å². The lowest BCUT2D eigenvalue weighted by Gasteiger charge is -2.42. The van der Waals surface area contributed by atoms with Crippen LogP contribution in [0.3, 0.4) is 0 Å². The van der Waals surface area contributed by atoms with E-state index in [2.05, 4.69) is 4.90 Å². The van der Waals surface area contributed by atoms with Crippen LogP contribution < -0.4 is 25.7 Å². The highest BCUT2D eigenvalue weighted by Crippen LogP contribution is 2.30. The van der Waals surface area contributed by atoms with Crippen molar-refractivity contribution < 1.29 is 28.5 Å². The third kappa shape index (κ3) is 7.24. The second-order valence-electron chi connectivity index (χ2n) is 7.87. The number of methoxy groups -OCH3 is 1. The molecule has 1 aliphatic heterocycles. The van der Waals surface area contributed by atoms with E-state index in [1.54, 1.807) is 30.3 Å². The number of benzene rings is 2. The van der Waals surface area contributed by atoms with Crippen LogP contribution in [-0.2, 0) is 20.9 Å². The van der Waals surface area contributed by atoms with Gasteiger partial charge in [-0.05, 0) is 35.9 Å². The molecule has 1 fully saturated rings. The van der Waals surface area contributed by atoms with E-state index >= 15 is 0 Å². The first-order chi connectivity index (χ1) is 15.8. The maximum atomic E-state index is 11.8. The van der Waals surface area contributed by atoms with E-state index in [0.717, 1.165) is 5.56 Å². The third-order valence-corrected chi connectivity index (χ3v) is 5.36. The van der Waals surface area contributed by atoms with E-state index in [-0.39, 0.29) is 19.6 Å². The minimum Gasteiger partial charge on any atom is -0.493 e. The molecule has 2 aromatic carbocycles. The summed E-state index contributed by atoms with van der Waals surface area (Å²) < 4.78 is 22.7. The van der Waals surface area contributed by atoms with Crippen molar-refractivity contribution >= 4 is 23.4 Å². The van der Waals surface area contributed by atoms with Gasteiger partial charge in [-0.3, -0.25) is 14.5 Å². The number of halogens is 1. The van der Waals surface area contributed by atoms with Gasteiger partial charge in [0, 0.05) is 24.7 Å². The van der Waals surface area contributed by atoms with Gasteiger partial charge in [-0.15, -0.1) is 0 Å². The predicted octanol–water partition coefficient (Wildman–Crippen LogP) is 1.74. The van der Waals surface area contributed by atoms with Crippen LogP contribution in [-0.4, -0.2) is 62.3 Å². The molecule has 0 radical (unpaired) electrons. The maximum Gasteiger partial charge on any atom is 0.255 e. The number of morpholine rings is 1. The first-order valence-corrected chi connectivity index (χ1v) is 10.8. The fourth-order valence-corrected chi connectivity index (χ4v) is 3.91. The molecule has 9 nitrogen and oxygen atoms in total. The van der Waals surface area contributed by atoms with Gasteiger partial charge in [-0.25, -0.2) is 0 Å². The summed E-state index contributed by atoms with van der Waals surface area (Å²) in [6.07, 6.45) is 0.0211. The molecule has 0 spiro atoms. The average Bonchev–Trinajstić information content (AvgIpc) is 2.76. The van der Waals surface area contributed by atoms with Crippen LogP contribution >= 0.6 is 11.6 Å². The Labute approximate surface area is 197 Å². The van der Waals surface area contributed by atoms with Gasteiger partial charge < -0.3 is 30.4 Å². The molecule has 0 bridgehead atoms. The standard InChI is InChI=1S/C23H28ClN3O6/c1-30-20-9-16(5-6-19(20)31-13-22(26)29)12-27-7-8-33-23(14-27,11-21(25)28)15-32-18-4-2-3-17(24)10-18/h2-6,9-10H,7-8,11-15H2,1H3,(H2,25,28)(H2,26,29)/t23-/m1/s1. The Kier molecular flexibility index (Phi) is 8.37. The van der Waals surface area contributed by atoms with Crippen molar-refractivity contribution in [1.29, 1.82) is 0 Å². The Morgan fingerprint density at radius 3 is 2.64 bits per heavy atom. The van der Waals surface area contributed by atoms with Crippen LogP contribution in [0.5, 0.6) is 17.2 Å². The molecule has 1 aliphatic rings. The van der Waals surface area contributed by atoms with Crippen molar-refractivity contribution in [2.45, 2.75) is 18.6 Å². The number of rotatable bonds is 11. The molecule has 1 saturated heterocycles. The molecule has 4 N–H and O–H groups in total. The lowest BCUT2D eigenvalue weighted by molar-refractivity contribution is -0.148. The number of nitrogens with zero attached hydrogens (tertiary/aromatic N) is 1. The molecule has 3 rings (SSSR count). The third-order valence-electron chi connectivity index (χ3n) is 5.13. The van der Waals surface area contributed by atoms with Gasteiger partial charge in [0.15, 0.2) is 18.1 Å². The Bertz CT molecular complexity index is 988. The van der Waals surface area contributed by atoms with Crippen molar-refractivity contribution in [3.8, 4) is 17.2 Å². The molecule has 2 aromatic rings. The lowest BCUT2D eigenvalue weighted by Crippen LogP contribution is -2.56. The molecule has 0 unspecified atom stereocenters. The molecule has 33 heavy (non-hydrogen) atoms. The minimum atomic E-state index is -0.888. The summed E-state index contributed by atoms with van der Waals surface area (Å²) in [7, 11) is 1.52. The zero-order chi connectivity index (χ0) is 23.8. The molecule has 0 aromatic heterocycles. The predicted molar refractivity (Wildman–Crippen MR) is 122 cm³/mol. The molecule has 0 saturated carbocycles. The zero-order valence-electron chi connectivity index (χ0n) is 18.4. The topological polar surface area (TPSA) is 126 Å². The number of hydrogen-bond donors (Lipinski definition) is 2. The van der Waals surface area contributed by atoms with Crippen LogP contribution in [0, 0.1) is 0 Å². The summed E-state index contributed by atoms with van der Waals surface area (Å²) in [4.78, 5) is 25.0.